The molecule has 1 aliphatic heterocycles. The molecule has 1 saturated heterocycles. The molecule has 0 aromatic heterocycles. The lowest BCUT2D eigenvalue weighted by atomic mass is 9.97. The number of amides is 2. The Morgan fingerprint density at radius 2 is 1.90 bits per heavy atom. The monoisotopic (exact) mass is 278 g/mol. The van der Waals surface area contributed by atoms with E-state index < -0.39 is 17.6 Å². The third kappa shape index (κ3) is 3.15. The molecule has 0 radical (unpaired) electrons. The van der Waals surface area contributed by atoms with Gasteiger partial charge in [-0.1, -0.05) is 6.07 Å². The molecule has 2 atom stereocenters. The summed E-state index contributed by atoms with van der Waals surface area (Å²) in [5.74, 6) is -1.71. The molecule has 0 spiro atoms. The molecule has 1 aromatic rings. The number of hydrogen-bond donors (Lipinski definition) is 1. The minimum absolute atomic E-state index is 0.0597. The summed E-state index contributed by atoms with van der Waals surface area (Å²) in [5, 5.41) is 2.45. The van der Waals surface area contributed by atoms with Crippen LogP contribution >= 0.6 is 0 Å². The van der Waals surface area contributed by atoms with Gasteiger partial charge in [0.25, 0.3) is 0 Å². The first-order chi connectivity index (χ1) is 9.49. The zero-order valence-corrected chi connectivity index (χ0v) is 11.7. The number of nitrogens with zero attached hydrogens (tertiary/aromatic N) is 1. The topological polar surface area (TPSA) is 49.4 Å². The predicted octanol–water partition coefficient (Wildman–Crippen LogP) is 2.55. The van der Waals surface area contributed by atoms with Gasteiger partial charge in [0.2, 0.25) is 0 Å². The van der Waals surface area contributed by atoms with E-state index in [2.05, 4.69) is 5.32 Å². The molecule has 5 heteroatoms. The Morgan fingerprint density at radius 1 is 1.25 bits per heavy atom. The molecule has 0 bridgehead atoms. The van der Waals surface area contributed by atoms with Crippen LogP contribution in [0.5, 0.6) is 0 Å². The van der Waals surface area contributed by atoms with Gasteiger partial charge in [-0.05, 0) is 51.3 Å². The molecule has 1 heterocycles. The lowest BCUT2D eigenvalue weighted by molar-refractivity contribution is -0.147. The SMILES string of the molecule is CC1CCCC(C)N1C(=O)C(=O)Nc1cccc(F)c1. The number of benzene rings is 1. The van der Waals surface area contributed by atoms with E-state index in [-0.39, 0.29) is 12.1 Å². The Balaban J connectivity index is 2.06. The molecule has 1 N–H and O–H groups in total. The summed E-state index contributed by atoms with van der Waals surface area (Å²) in [6.45, 7) is 3.89. The molecule has 20 heavy (non-hydrogen) atoms. The van der Waals surface area contributed by atoms with Crippen LogP contribution in [0, 0.1) is 5.82 Å². The van der Waals surface area contributed by atoms with Gasteiger partial charge in [-0.2, -0.15) is 0 Å². The summed E-state index contributed by atoms with van der Waals surface area (Å²) >= 11 is 0. The maximum Gasteiger partial charge on any atom is 0.313 e. The Morgan fingerprint density at radius 3 is 2.50 bits per heavy atom. The Bertz CT molecular complexity index is 508. The lowest BCUT2D eigenvalue weighted by Crippen LogP contribution is -2.51. The fourth-order valence-electron chi connectivity index (χ4n) is 2.69. The molecule has 1 aliphatic rings. The summed E-state index contributed by atoms with van der Waals surface area (Å²) in [6.07, 6.45) is 2.88. The zero-order chi connectivity index (χ0) is 14.7. The highest BCUT2D eigenvalue weighted by molar-refractivity contribution is 6.39. The van der Waals surface area contributed by atoms with Crippen molar-refractivity contribution in [3.05, 3.63) is 30.1 Å². The average Bonchev–Trinajstić information content (AvgIpc) is 2.38. The first-order valence-electron chi connectivity index (χ1n) is 6.88. The van der Waals surface area contributed by atoms with Gasteiger partial charge >= 0.3 is 11.8 Å². The van der Waals surface area contributed by atoms with Crippen LogP contribution in [0.2, 0.25) is 0 Å². The Labute approximate surface area is 118 Å². The third-order valence-electron chi connectivity index (χ3n) is 3.70. The fraction of sp³-hybridized carbons (Fsp3) is 0.467. The molecule has 4 nitrogen and oxygen atoms in total. The van der Waals surface area contributed by atoms with Gasteiger partial charge in [0.05, 0.1) is 0 Å². The van der Waals surface area contributed by atoms with Crippen LogP contribution in [0.25, 0.3) is 0 Å². The minimum atomic E-state index is -0.712. The summed E-state index contributed by atoms with van der Waals surface area (Å²) in [7, 11) is 0. The van der Waals surface area contributed by atoms with Gasteiger partial charge < -0.3 is 10.2 Å². The largest absolute Gasteiger partial charge is 0.329 e. The van der Waals surface area contributed by atoms with Gasteiger partial charge in [0.15, 0.2) is 0 Å². The molecule has 2 rings (SSSR count). The van der Waals surface area contributed by atoms with Crippen LogP contribution in [0.4, 0.5) is 10.1 Å². The van der Waals surface area contributed by atoms with Gasteiger partial charge in [-0.25, -0.2) is 4.39 Å². The van der Waals surface area contributed by atoms with Crippen molar-refractivity contribution in [2.75, 3.05) is 5.32 Å². The van der Waals surface area contributed by atoms with Crippen molar-refractivity contribution in [1.29, 1.82) is 0 Å². The fourth-order valence-corrected chi connectivity index (χ4v) is 2.69. The Hall–Kier alpha value is -1.91. The molecule has 108 valence electrons. The van der Waals surface area contributed by atoms with Crippen molar-refractivity contribution in [1.82, 2.24) is 4.90 Å². The van der Waals surface area contributed by atoms with Gasteiger partial charge in [0, 0.05) is 17.8 Å². The van der Waals surface area contributed by atoms with Crippen molar-refractivity contribution < 1.29 is 14.0 Å². The van der Waals surface area contributed by atoms with E-state index in [0.717, 1.165) is 19.3 Å². The number of halogens is 1. The number of carbonyl (C=O) groups is 2. The predicted molar refractivity (Wildman–Crippen MR) is 74.7 cm³/mol. The second-order valence-electron chi connectivity index (χ2n) is 5.31. The Kier molecular flexibility index (Phi) is 4.37. The zero-order valence-electron chi connectivity index (χ0n) is 11.7. The van der Waals surface area contributed by atoms with Crippen molar-refractivity contribution in [3.8, 4) is 0 Å². The maximum atomic E-state index is 13.1. The van der Waals surface area contributed by atoms with Crippen molar-refractivity contribution >= 4 is 17.5 Å². The van der Waals surface area contributed by atoms with Gasteiger partial charge in [-0.15, -0.1) is 0 Å². The third-order valence-corrected chi connectivity index (χ3v) is 3.70. The number of likely N-dealkylation sites (tertiary alicyclic amines) is 1. The number of nitrogens with one attached hydrogen (secondary N) is 1. The van der Waals surface area contributed by atoms with E-state index >= 15 is 0 Å². The first kappa shape index (κ1) is 14.5. The highest BCUT2D eigenvalue weighted by Crippen LogP contribution is 2.22. The second-order valence-corrected chi connectivity index (χ2v) is 5.31. The van der Waals surface area contributed by atoms with E-state index in [9.17, 15) is 14.0 Å². The van der Waals surface area contributed by atoms with Crippen LogP contribution in [-0.2, 0) is 9.59 Å². The van der Waals surface area contributed by atoms with Crippen LogP contribution in [0.1, 0.15) is 33.1 Å². The van der Waals surface area contributed by atoms with Crippen molar-refractivity contribution in [2.24, 2.45) is 0 Å². The summed E-state index contributed by atoms with van der Waals surface area (Å²) in [4.78, 5) is 25.8. The second kappa shape index (κ2) is 6.03. The highest BCUT2D eigenvalue weighted by atomic mass is 19.1. The number of hydrogen-bond acceptors (Lipinski definition) is 2. The van der Waals surface area contributed by atoms with E-state index in [4.69, 9.17) is 0 Å². The maximum absolute atomic E-state index is 13.1. The molecule has 1 fully saturated rings. The van der Waals surface area contributed by atoms with E-state index in [1.54, 1.807) is 11.0 Å². The molecule has 2 amide bonds. The quantitative estimate of drug-likeness (QED) is 0.803. The number of carbonyl (C=O) groups excluding carboxylic acids is 2. The molecular weight excluding hydrogens is 259 g/mol. The van der Waals surface area contributed by atoms with Crippen molar-refractivity contribution in [3.63, 3.8) is 0 Å². The van der Waals surface area contributed by atoms with E-state index in [0.29, 0.717) is 5.69 Å². The molecule has 1 aromatic carbocycles. The van der Waals surface area contributed by atoms with Crippen molar-refractivity contribution in [2.45, 2.75) is 45.2 Å². The normalized spacial score (nSPS) is 22.4. The number of rotatable bonds is 1. The minimum Gasteiger partial charge on any atom is -0.329 e. The van der Waals surface area contributed by atoms with Crippen LogP contribution in [0.15, 0.2) is 24.3 Å². The summed E-state index contributed by atoms with van der Waals surface area (Å²) in [6, 6.07) is 5.63. The van der Waals surface area contributed by atoms with E-state index in [1.165, 1.54) is 18.2 Å². The molecule has 2 unspecified atom stereocenters. The smallest absolute Gasteiger partial charge is 0.313 e. The van der Waals surface area contributed by atoms with Crippen LogP contribution < -0.4 is 5.32 Å². The standard InChI is InChI=1S/C15H19FN2O2/c1-10-5-3-6-11(2)18(10)15(20)14(19)17-13-8-4-7-12(16)9-13/h4,7-11H,3,5-6H2,1-2H3,(H,17,19). The number of anilines is 1. The summed E-state index contributed by atoms with van der Waals surface area (Å²) < 4.78 is 13.1. The average molecular weight is 278 g/mol. The van der Waals surface area contributed by atoms with Crippen LogP contribution in [-0.4, -0.2) is 28.8 Å². The number of piperidine rings is 1. The summed E-state index contributed by atoms with van der Waals surface area (Å²) in [5.41, 5.74) is 0.292. The molecular formula is C15H19FN2O2. The highest BCUT2D eigenvalue weighted by Gasteiger charge is 2.32. The lowest BCUT2D eigenvalue weighted by Gasteiger charge is -2.38. The van der Waals surface area contributed by atoms with E-state index in [1.807, 2.05) is 13.8 Å². The van der Waals surface area contributed by atoms with Gasteiger partial charge in [-0.3, -0.25) is 9.59 Å². The first-order valence-corrected chi connectivity index (χ1v) is 6.88. The van der Waals surface area contributed by atoms with Crippen LogP contribution in [0.3, 0.4) is 0 Å². The molecule has 0 saturated carbocycles. The van der Waals surface area contributed by atoms with Gasteiger partial charge in [0.1, 0.15) is 5.82 Å². The molecule has 0 aliphatic carbocycles.